The van der Waals surface area contributed by atoms with E-state index in [-0.39, 0.29) is 11.9 Å². The fourth-order valence-electron chi connectivity index (χ4n) is 4.93. The molecule has 1 aliphatic carbocycles. The lowest BCUT2D eigenvalue weighted by molar-refractivity contribution is 0.0996. The second-order valence-corrected chi connectivity index (χ2v) is 9.98. The van der Waals surface area contributed by atoms with Crippen LogP contribution in [0.25, 0.3) is 0 Å². The number of benzene rings is 1. The SMILES string of the molecule is O=C(Nc1sc2c(c1C(c1ccc(Cl)cc1)N1CCCCC1)CCCC2)c1ccco1. The van der Waals surface area contributed by atoms with Gasteiger partial charge >= 0.3 is 0 Å². The zero-order valence-electron chi connectivity index (χ0n) is 17.5. The molecule has 4 nitrogen and oxygen atoms in total. The second kappa shape index (κ2) is 9.19. The second-order valence-electron chi connectivity index (χ2n) is 8.44. The average molecular weight is 455 g/mol. The molecule has 6 heteroatoms. The molecule has 2 aliphatic rings. The number of likely N-dealkylation sites (tertiary alicyclic amines) is 1. The van der Waals surface area contributed by atoms with E-state index >= 15 is 0 Å². The van der Waals surface area contributed by atoms with Gasteiger partial charge in [-0.05, 0) is 87.0 Å². The van der Waals surface area contributed by atoms with Crippen molar-refractivity contribution in [1.29, 1.82) is 0 Å². The van der Waals surface area contributed by atoms with Crippen LogP contribution >= 0.6 is 22.9 Å². The minimum atomic E-state index is -0.182. The summed E-state index contributed by atoms with van der Waals surface area (Å²) >= 11 is 7.97. The smallest absolute Gasteiger partial charge is 0.291 e. The lowest BCUT2D eigenvalue weighted by Crippen LogP contribution is -2.35. The summed E-state index contributed by atoms with van der Waals surface area (Å²) in [5, 5.41) is 4.92. The van der Waals surface area contributed by atoms with Crippen LogP contribution in [0.3, 0.4) is 0 Å². The molecular formula is C25H27ClN2O2S. The molecule has 1 aliphatic heterocycles. The molecule has 2 aromatic heterocycles. The Morgan fingerprint density at radius 1 is 1.03 bits per heavy atom. The van der Waals surface area contributed by atoms with E-state index in [4.69, 9.17) is 16.0 Å². The maximum atomic E-state index is 12.9. The molecule has 0 radical (unpaired) electrons. The Labute approximate surface area is 192 Å². The lowest BCUT2D eigenvalue weighted by Gasteiger charge is -2.36. The normalized spacial score (nSPS) is 17.8. The average Bonchev–Trinajstić information content (AvgIpc) is 3.45. The van der Waals surface area contributed by atoms with Gasteiger partial charge in [0, 0.05) is 15.5 Å². The van der Waals surface area contributed by atoms with Gasteiger partial charge in [0.15, 0.2) is 5.76 Å². The van der Waals surface area contributed by atoms with Gasteiger partial charge in [-0.25, -0.2) is 0 Å². The Morgan fingerprint density at radius 3 is 2.55 bits per heavy atom. The molecule has 1 unspecified atom stereocenters. The van der Waals surface area contributed by atoms with Crippen LogP contribution < -0.4 is 5.32 Å². The van der Waals surface area contributed by atoms with Gasteiger partial charge in [0.1, 0.15) is 5.00 Å². The van der Waals surface area contributed by atoms with Crippen LogP contribution in [-0.4, -0.2) is 23.9 Å². The van der Waals surface area contributed by atoms with E-state index in [1.54, 1.807) is 29.7 Å². The molecule has 3 aromatic rings. The highest BCUT2D eigenvalue weighted by atomic mass is 35.5. The summed E-state index contributed by atoms with van der Waals surface area (Å²) < 4.78 is 5.35. The number of furan rings is 1. The van der Waals surface area contributed by atoms with Gasteiger partial charge in [-0.1, -0.05) is 30.2 Å². The van der Waals surface area contributed by atoms with Crippen LogP contribution in [-0.2, 0) is 12.8 Å². The zero-order valence-corrected chi connectivity index (χ0v) is 19.1. The predicted octanol–water partition coefficient (Wildman–Crippen LogP) is 6.70. The fraction of sp³-hybridized carbons (Fsp3) is 0.400. The first kappa shape index (κ1) is 20.8. The summed E-state index contributed by atoms with van der Waals surface area (Å²) in [7, 11) is 0. The Hall–Kier alpha value is -2.08. The van der Waals surface area contributed by atoms with Crippen molar-refractivity contribution in [3.63, 3.8) is 0 Å². The van der Waals surface area contributed by atoms with E-state index in [1.807, 2.05) is 12.1 Å². The molecule has 1 aromatic carbocycles. The van der Waals surface area contributed by atoms with Crippen LogP contribution in [0.5, 0.6) is 0 Å². The molecule has 31 heavy (non-hydrogen) atoms. The molecule has 1 saturated heterocycles. The van der Waals surface area contributed by atoms with Gasteiger partial charge in [0.05, 0.1) is 12.3 Å². The molecule has 3 heterocycles. The Morgan fingerprint density at radius 2 is 1.81 bits per heavy atom. The van der Waals surface area contributed by atoms with Crippen LogP contribution in [0, 0.1) is 0 Å². The first-order valence-electron chi connectivity index (χ1n) is 11.2. The molecule has 1 N–H and O–H groups in total. The number of fused-ring (bicyclic) bond motifs is 1. The number of rotatable bonds is 5. The van der Waals surface area contributed by atoms with Crippen molar-refractivity contribution in [2.75, 3.05) is 18.4 Å². The van der Waals surface area contributed by atoms with Crippen molar-refractivity contribution in [3.8, 4) is 0 Å². The van der Waals surface area contributed by atoms with Gasteiger partial charge in [0.25, 0.3) is 5.91 Å². The number of nitrogens with zero attached hydrogens (tertiary/aromatic N) is 1. The fourth-order valence-corrected chi connectivity index (χ4v) is 6.37. The monoisotopic (exact) mass is 454 g/mol. The zero-order chi connectivity index (χ0) is 21.2. The third-order valence-electron chi connectivity index (χ3n) is 6.40. The van der Waals surface area contributed by atoms with Gasteiger partial charge in [-0.15, -0.1) is 11.3 Å². The standard InChI is InChI=1S/C25H27ClN2O2S/c26-18-12-10-17(11-13-18)23(28-14-4-1-5-15-28)22-19-7-2-3-9-21(19)31-25(22)27-24(29)20-8-6-16-30-20/h6,8,10-13,16,23H,1-5,7,9,14-15H2,(H,27,29). The third kappa shape index (κ3) is 4.32. The van der Waals surface area contributed by atoms with E-state index < -0.39 is 0 Å². The first-order valence-corrected chi connectivity index (χ1v) is 12.4. The molecule has 0 bridgehead atoms. The van der Waals surface area contributed by atoms with Crippen molar-refractivity contribution in [2.45, 2.75) is 51.0 Å². The van der Waals surface area contributed by atoms with Crippen molar-refractivity contribution in [3.05, 3.63) is 75.0 Å². The Kier molecular flexibility index (Phi) is 6.17. The Bertz CT molecular complexity index is 1040. The number of thiophene rings is 1. The number of anilines is 1. The maximum Gasteiger partial charge on any atom is 0.291 e. The number of hydrogen-bond donors (Lipinski definition) is 1. The van der Waals surface area contributed by atoms with E-state index in [2.05, 4.69) is 22.3 Å². The predicted molar refractivity (Wildman–Crippen MR) is 126 cm³/mol. The maximum absolute atomic E-state index is 12.9. The number of carbonyl (C=O) groups is 1. The number of piperidine rings is 1. The highest BCUT2D eigenvalue weighted by Gasteiger charge is 2.33. The van der Waals surface area contributed by atoms with Crippen LogP contribution in [0.1, 0.15) is 70.3 Å². The summed E-state index contributed by atoms with van der Waals surface area (Å²) in [6.07, 6.45) is 9.85. The van der Waals surface area contributed by atoms with Crippen molar-refractivity contribution < 1.29 is 9.21 Å². The first-order chi connectivity index (χ1) is 15.2. The highest BCUT2D eigenvalue weighted by Crippen LogP contribution is 2.46. The summed E-state index contributed by atoms with van der Waals surface area (Å²) in [5.41, 5.74) is 3.96. The Balaban J connectivity index is 1.60. The highest BCUT2D eigenvalue weighted by molar-refractivity contribution is 7.16. The number of nitrogens with one attached hydrogen (secondary N) is 1. The number of hydrogen-bond acceptors (Lipinski definition) is 4. The van der Waals surface area contributed by atoms with Gasteiger partial charge < -0.3 is 9.73 Å². The van der Waals surface area contributed by atoms with E-state index in [0.717, 1.165) is 36.0 Å². The molecule has 1 fully saturated rings. The van der Waals surface area contributed by atoms with Gasteiger partial charge in [0.2, 0.25) is 0 Å². The van der Waals surface area contributed by atoms with Crippen LogP contribution in [0.15, 0.2) is 47.1 Å². The quantitative estimate of drug-likeness (QED) is 0.466. The summed E-state index contributed by atoms with van der Waals surface area (Å²) in [6, 6.07) is 11.8. The summed E-state index contributed by atoms with van der Waals surface area (Å²) in [6.45, 7) is 2.15. The lowest BCUT2D eigenvalue weighted by atomic mass is 9.88. The third-order valence-corrected chi connectivity index (χ3v) is 7.87. The number of halogens is 1. The minimum absolute atomic E-state index is 0.127. The van der Waals surface area contributed by atoms with E-state index in [0.29, 0.717) is 5.76 Å². The molecule has 162 valence electrons. The minimum Gasteiger partial charge on any atom is -0.459 e. The van der Waals surface area contributed by atoms with Crippen LogP contribution in [0.2, 0.25) is 5.02 Å². The molecule has 5 rings (SSSR count). The molecule has 0 saturated carbocycles. The van der Waals surface area contributed by atoms with E-state index in [1.165, 1.54) is 53.7 Å². The van der Waals surface area contributed by atoms with Crippen molar-refractivity contribution in [2.24, 2.45) is 0 Å². The van der Waals surface area contributed by atoms with E-state index in [9.17, 15) is 4.79 Å². The molecule has 1 atom stereocenters. The van der Waals surface area contributed by atoms with Crippen molar-refractivity contribution >= 4 is 33.8 Å². The van der Waals surface area contributed by atoms with Crippen LogP contribution in [0.4, 0.5) is 5.00 Å². The summed E-state index contributed by atoms with van der Waals surface area (Å²) in [5.74, 6) is 0.164. The van der Waals surface area contributed by atoms with Gasteiger partial charge in [-0.3, -0.25) is 9.69 Å². The largest absolute Gasteiger partial charge is 0.459 e. The topological polar surface area (TPSA) is 45.5 Å². The number of amides is 1. The number of aryl methyl sites for hydroxylation is 1. The molecular weight excluding hydrogens is 428 g/mol. The van der Waals surface area contributed by atoms with Crippen molar-refractivity contribution in [1.82, 2.24) is 4.90 Å². The number of carbonyl (C=O) groups excluding carboxylic acids is 1. The molecule has 1 amide bonds. The summed E-state index contributed by atoms with van der Waals surface area (Å²) in [4.78, 5) is 16.9. The molecule has 0 spiro atoms. The van der Waals surface area contributed by atoms with Gasteiger partial charge in [-0.2, -0.15) is 0 Å².